The summed E-state index contributed by atoms with van der Waals surface area (Å²) in [5.74, 6) is -1.26. The second-order valence-electron chi connectivity index (χ2n) is 7.34. The van der Waals surface area contributed by atoms with Crippen molar-refractivity contribution in [2.75, 3.05) is 7.11 Å². The van der Waals surface area contributed by atoms with E-state index in [4.69, 9.17) is 9.47 Å². The van der Waals surface area contributed by atoms with Crippen molar-refractivity contribution in [2.24, 2.45) is 5.92 Å². The van der Waals surface area contributed by atoms with Crippen LogP contribution in [-0.4, -0.2) is 37.2 Å². The molecule has 2 rings (SSSR count). The summed E-state index contributed by atoms with van der Waals surface area (Å²) >= 11 is 2.19. The summed E-state index contributed by atoms with van der Waals surface area (Å²) in [5.41, 5.74) is 1.72. The molecular weight excluding hydrogens is 511 g/mol. The van der Waals surface area contributed by atoms with Gasteiger partial charge in [-0.2, -0.15) is 0 Å². The molecule has 2 aromatic rings. The van der Waals surface area contributed by atoms with Gasteiger partial charge in [0.25, 0.3) is 0 Å². The summed E-state index contributed by atoms with van der Waals surface area (Å²) < 4.78 is 11.1. The quantitative estimate of drug-likeness (QED) is 0.377. The number of hydrogen-bond donors (Lipinski definition) is 2. The van der Waals surface area contributed by atoms with E-state index < -0.39 is 30.1 Å². The zero-order chi connectivity index (χ0) is 22.8. The SMILES string of the molecule is COC(=O)[C@@H](Cc1ccc(I)cc1)NC(=O)[C@@H](NC(=O)OCc1ccccc1)C(C)C. The van der Waals surface area contributed by atoms with Gasteiger partial charge in [-0.25, -0.2) is 9.59 Å². The first-order valence-electron chi connectivity index (χ1n) is 9.90. The fourth-order valence-electron chi connectivity index (χ4n) is 2.88. The summed E-state index contributed by atoms with van der Waals surface area (Å²) in [6.07, 6.45) is -0.427. The van der Waals surface area contributed by atoms with Crippen LogP contribution in [0.15, 0.2) is 54.6 Å². The fourth-order valence-corrected chi connectivity index (χ4v) is 3.24. The fraction of sp³-hybridized carbons (Fsp3) is 0.348. The number of nitrogens with one attached hydrogen (secondary N) is 2. The lowest BCUT2D eigenvalue weighted by Gasteiger charge is -2.24. The molecule has 2 N–H and O–H groups in total. The lowest BCUT2D eigenvalue weighted by atomic mass is 10.0. The second-order valence-corrected chi connectivity index (χ2v) is 8.59. The van der Waals surface area contributed by atoms with Gasteiger partial charge in [0.1, 0.15) is 18.7 Å². The zero-order valence-corrected chi connectivity index (χ0v) is 19.9. The summed E-state index contributed by atoms with van der Waals surface area (Å²) in [6.45, 7) is 3.69. The number of alkyl carbamates (subject to hydrolysis) is 1. The van der Waals surface area contributed by atoms with E-state index in [2.05, 4.69) is 33.2 Å². The van der Waals surface area contributed by atoms with Crippen molar-refractivity contribution < 1.29 is 23.9 Å². The molecule has 0 saturated carbocycles. The van der Waals surface area contributed by atoms with Crippen molar-refractivity contribution in [3.8, 4) is 0 Å². The van der Waals surface area contributed by atoms with Crippen LogP contribution in [0.1, 0.15) is 25.0 Å². The van der Waals surface area contributed by atoms with E-state index in [9.17, 15) is 14.4 Å². The van der Waals surface area contributed by atoms with Crippen molar-refractivity contribution in [3.63, 3.8) is 0 Å². The number of benzene rings is 2. The Morgan fingerprint density at radius 1 is 0.935 bits per heavy atom. The van der Waals surface area contributed by atoms with E-state index in [1.807, 2.05) is 54.6 Å². The van der Waals surface area contributed by atoms with E-state index in [1.165, 1.54) is 7.11 Å². The molecule has 8 heteroatoms. The predicted molar refractivity (Wildman–Crippen MR) is 125 cm³/mol. The molecule has 2 atom stereocenters. The van der Waals surface area contributed by atoms with Crippen molar-refractivity contribution in [1.82, 2.24) is 10.6 Å². The maximum absolute atomic E-state index is 12.9. The topological polar surface area (TPSA) is 93.7 Å². The standard InChI is InChI=1S/C23H27IN2O5/c1-15(2)20(26-23(29)31-14-17-7-5-4-6-8-17)21(27)25-19(22(28)30-3)13-16-9-11-18(24)12-10-16/h4-12,15,19-20H,13-14H2,1-3H3,(H,25,27)(H,26,29)/t19-,20+/m1/s1. The molecule has 2 aromatic carbocycles. The highest BCUT2D eigenvalue weighted by molar-refractivity contribution is 14.1. The summed E-state index contributed by atoms with van der Waals surface area (Å²) in [4.78, 5) is 37.4. The number of rotatable bonds is 9. The minimum absolute atomic E-state index is 0.0939. The zero-order valence-electron chi connectivity index (χ0n) is 17.8. The number of amides is 2. The van der Waals surface area contributed by atoms with Crippen LogP contribution in [-0.2, 0) is 32.1 Å². The van der Waals surface area contributed by atoms with E-state index in [1.54, 1.807) is 13.8 Å². The summed E-state index contributed by atoms with van der Waals surface area (Å²) in [7, 11) is 1.27. The highest BCUT2D eigenvalue weighted by atomic mass is 127. The highest BCUT2D eigenvalue weighted by Gasteiger charge is 2.29. The number of halogens is 1. The van der Waals surface area contributed by atoms with Gasteiger partial charge in [0.05, 0.1) is 7.11 Å². The van der Waals surface area contributed by atoms with Crippen LogP contribution in [0.5, 0.6) is 0 Å². The van der Waals surface area contributed by atoms with Crippen molar-refractivity contribution >= 4 is 40.6 Å². The lowest BCUT2D eigenvalue weighted by Crippen LogP contribution is -2.54. The van der Waals surface area contributed by atoms with E-state index in [0.29, 0.717) is 0 Å². The third-order valence-electron chi connectivity index (χ3n) is 4.59. The molecule has 0 saturated heterocycles. The molecule has 0 aliphatic rings. The van der Waals surface area contributed by atoms with Gasteiger partial charge in [-0.3, -0.25) is 4.79 Å². The third kappa shape index (κ3) is 8.20. The van der Waals surface area contributed by atoms with Crippen LogP contribution in [0.2, 0.25) is 0 Å². The molecule has 0 bridgehead atoms. The van der Waals surface area contributed by atoms with E-state index in [-0.39, 0.29) is 18.9 Å². The number of esters is 1. The molecule has 31 heavy (non-hydrogen) atoms. The largest absolute Gasteiger partial charge is 0.467 e. The average Bonchev–Trinajstić information content (AvgIpc) is 2.76. The van der Waals surface area contributed by atoms with Gasteiger partial charge in [0, 0.05) is 9.99 Å². The third-order valence-corrected chi connectivity index (χ3v) is 5.31. The normalized spacial score (nSPS) is 12.5. The van der Waals surface area contributed by atoms with Crippen LogP contribution < -0.4 is 10.6 Å². The molecule has 0 spiro atoms. The Bertz CT molecular complexity index is 871. The maximum atomic E-state index is 12.9. The molecule has 0 radical (unpaired) electrons. The number of ether oxygens (including phenoxy) is 2. The maximum Gasteiger partial charge on any atom is 0.408 e. The van der Waals surface area contributed by atoms with Gasteiger partial charge in [0.2, 0.25) is 5.91 Å². The first-order valence-corrected chi connectivity index (χ1v) is 11.0. The average molecular weight is 538 g/mol. The van der Waals surface area contributed by atoms with Gasteiger partial charge in [-0.05, 0) is 51.8 Å². The summed E-state index contributed by atoms with van der Waals surface area (Å²) in [6, 6.07) is 15.1. The number of carbonyl (C=O) groups is 3. The summed E-state index contributed by atoms with van der Waals surface area (Å²) in [5, 5.41) is 5.30. The molecule has 0 heterocycles. The Morgan fingerprint density at radius 3 is 2.16 bits per heavy atom. The Balaban J connectivity index is 2.00. The minimum Gasteiger partial charge on any atom is -0.467 e. The Hall–Kier alpha value is -2.62. The van der Waals surface area contributed by atoms with Crippen LogP contribution in [0.4, 0.5) is 4.79 Å². The molecule has 0 unspecified atom stereocenters. The lowest BCUT2D eigenvalue weighted by molar-refractivity contribution is -0.145. The van der Waals surface area contributed by atoms with Crippen molar-refractivity contribution in [2.45, 2.75) is 39.0 Å². The Morgan fingerprint density at radius 2 is 1.58 bits per heavy atom. The smallest absolute Gasteiger partial charge is 0.408 e. The first-order chi connectivity index (χ1) is 14.8. The van der Waals surface area contributed by atoms with Gasteiger partial charge in [-0.15, -0.1) is 0 Å². The molecule has 166 valence electrons. The molecule has 0 aliphatic carbocycles. The number of hydrogen-bond acceptors (Lipinski definition) is 5. The van der Waals surface area contributed by atoms with Crippen LogP contribution in [0.3, 0.4) is 0 Å². The van der Waals surface area contributed by atoms with Gasteiger partial charge < -0.3 is 20.1 Å². The molecule has 7 nitrogen and oxygen atoms in total. The number of methoxy groups -OCH3 is 1. The molecule has 2 amide bonds. The van der Waals surface area contributed by atoms with Gasteiger partial charge in [0.15, 0.2) is 0 Å². The van der Waals surface area contributed by atoms with Crippen LogP contribution in [0, 0.1) is 9.49 Å². The minimum atomic E-state index is -0.874. The molecule has 0 fully saturated rings. The van der Waals surface area contributed by atoms with E-state index in [0.717, 1.165) is 14.7 Å². The Kier molecular flexibility index (Phi) is 9.77. The number of carbonyl (C=O) groups excluding carboxylic acids is 3. The Labute approximate surface area is 196 Å². The van der Waals surface area contributed by atoms with Gasteiger partial charge in [-0.1, -0.05) is 56.3 Å². The van der Waals surface area contributed by atoms with Crippen LogP contribution >= 0.6 is 22.6 Å². The van der Waals surface area contributed by atoms with E-state index >= 15 is 0 Å². The van der Waals surface area contributed by atoms with Crippen molar-refractivity contribution in [3.05, 3.63) is 69.3 Å². The van der Waals surface area contributed by atoms with Gasteiger partial charge >= 0.3 is 12.1 Å². The second kappa shape index (κ2) is 12.3. The molecule has 0 aliphatic heterocycles. The predicted octanol–water partition coefficient (Wildman–Crippen LogP) is 3.44. The molecule has 0 aromatic heterocycles. The molecular formula is C23H27IN2O5. The van der Waals surface area contributed by atoms with Crippen molar-refractivity contribution in [1.29, 1.82) is 0 Å². The highest BCUT2D eigenvalue weighted by Crippen LogP contribution is 2.11. The monoisotopic (exact) mass is 538 g/mol. The first kappa shape index (κ1) is 24.6. The van der Waals surface area contributed by atoms with Crippen LogP contribution in [0.25, 0.3) is 0 Å².